The second-order valence-corrected chi connectivity index (χ2v) is 7.21. The average molecular weight is 413 g/mol. The number of nitriles is 1. The molecule has 1 unspecified atom stereocenters. The molecule has 1 aliphatic carbocycles. The third kappa shape index (κ3) is 4.23. The van der Waals surface area contributed by atoms with Crippen molar-refractivity contribution in [1.29, 1.82) is 5.26 Å². The van der Waals surface area contributed by atoms with Crippen molar-refractivity contribution in [3.8, 4) is 17.2 Å². The predicted molar refractivity (Wildman–Crippen MR) is 112 cm³/mol. The summed E-state index contributed by atoms with van der Waals surface area (Å²) in [4.78, 5) is 28.0. The van der Waals surface area contributed by atoms with Crippen molar-refractivity contribution in [2.75, 3.05) is 6.61 Å². The Balaban J connectivity index is 1.42. The summed E-state index contributed by atoms with van der Waals surface area (Å²) < 4.78 is 5.42. The number of fused-ring (bicyclic) bond motifs is 3. The summed E-state index contributed by atoms with van der Waals surface area (Å²) in [6.45, 7) is 0.0985. The van der Waals surface area contributed by atoms with Gasteiger partial charge in [0.25, 0.3) is 0 Å². The molecule has 1 atom stereocenters. The lowest BCUT2D eigenvalue weighted by Gasteiger charge is -2.17. The van der Waals surface area contributed by atoms with E-state index in [1.165, 1.54) is 6.20 Å². The van der Waals surface area contributed by atoms with Crippen LogP contribution in [-0.2, 0) is 16.0 Å². The summed E-state index contributed by atoms with van der Waals surface area (Å²) in [7, 11) is 0. The quantitative estimate of drug-likeness (QED) is 0.640. The number of benzene rings is 2. The minimum atomic E-state index is -1.20. The highest BCUT2D eigenvalue weighted by atomic mass is 16.5. The average Bonchev–Trinajstić information content (AvgIpc) is 3.11. The second kappa shape index (κ2) is 8.67. The number of carboxylic acids is 1. The van der Waals surface area contributed by atoms with E-state index in [-0.39, 0.29) is 18.9 Å². The van der Waals surface area contributed by atoms with Crippen molar-refractivity contribution >= 4 is 12.1 Å². The van der Waals surface area contributed by atoms with Crippen LogP contribution < -0.4 is 5.32 Å². The van der Waals surface area contributed by atoms with Crippen molar-refractivity contribution in [3.05, 3.63) is 89.2 Å². The molecular formula is C24H19N3O4. The van der Waals surface area contributed by atoms with Gasteiger partial charge in [0.05, 0.1) is 5.56 Å². The molecule has 1 aliphatic rings. The molecule has 3 aromatic rings. The molecule has 2 aromatic carbocycles. The third-order valence-corrected chi connectivity index (χ3v) is 5.30. The van der Waals surface area contributed by atoms with Crippen LogP contribution in [0.4, 0.5) is 4.79 Å². The Kier molecular flexibility index (Phi) is 5.63. The van der Waals surface area contributed by atoms with E-state index < -0.39 is 18.1 Å². The van der Waals surface area contributed by atoms with Crippen molar-refractivity contribution in [2.45, 2.75) is 18.4 Å². The summed E-state index contributed by atoms with van der Waals surface area (Å²) in [5, 5.41) is 20.7. The Labute approximate surface area is 178 Å². The first kappa shape index (κ1) is 20.1. The number of pyridine rings is 1. The van der Waals surface area contributed by atoms with Gasteiger partial charge in [0, 0.05) is 24.2 Å². The lowest BCUT2D eigenvalue weighted by Crippen LogP contribution is -2.43. The van der Waals surface area contributed by atoms with Crippen molar-refractivity contribution < 1.29 is 19.4 Å². The van der Waals surface area contributed by atoms with Gasteiger partial charge in [-0.05, 0) is 34.4 Å². The Morgan fingerprint density at radius 3 is 2.26 bits per heavy atom. The minimum absolute atomic E-state index is 0.0226. The first-order valence-corrected chi connectivity index (χ1v) is 9.76. The zero-order valence-corrected chi connectivity index (χ0v) is 16.5. The van der Waals surface area contributed by atoms with E-state index in [4.69, 9.17) is 10.00 Å². The van der Waals surface area contributed by atoms with E-state index in [9.17, 15) is 14.7 Å². The fraction of sp³-hybridized carbons (Fsp3) is 0.167. The lowest BCUT2D eigenvalue weighted by atomic mass is 9.98. The van der Waals surface area contributed by atoms with Gasteiger partial charge in [-0.2, -0.15) is 5.26 Å². The number of carboxylic acid groups (broad SMARTS) is 1. The van der Waals surface area contributed by atoms with Crippen LogP contribution >= 0.6 is 0 Å². The topological polar surface area (TPSA) is 112 Å². The van der Waals surface area contributed by atoms with Gasteiger partial charge in [-0.3, -0.25) is 4.98 Å². The molecular weight excluding hydrogens is 394 g/mol. The summed E-state index contributed by atoms with van der Waals surface area (Å²) in [6.07, 6.45) is 0.537. The standard InChI is InChI=1S/C24H19N3O4/c25-12-15-9-10-16(26-13-15)11-22(23(28)29)27-24(30)31-14-21-19-7-3-1-5-17(19)18-6-2-4-8-20(18)21/h1-10,13,21-22H,11,14H2,(H,27,30)(H,28,29). The second-order valence-electron chi connectivity index (χ2n) is 7.21. The molecule has 1 amide bonds. The first-order valence-electron chi connectivity index (χ1n) is 9.76. The number of alkyl carbamates (subject to hydrolysis) is 1. The number of ether oxygens (including phenoxy) is 1. The number of carbonyl (C=O) groups is 2. The van der Waals surface area contributed by atoms with Crippen molar-refractivity contribution in [1.82, 2.24) is 10.3 Å². The number of nitrogens with zero attached hydrogens (tertiary/aromatic N) is 2. The van der Waals surface area contributed by atoms with Crippen molar-refractivity contribution in [3.63, 3.8) is 0 Å². The Morgan fingerprint density at radius 2 is 1.71 bits per heavy atom. The molecule has 0 fully saturated rings. The van der Waals surface area contributed by atoms with Gasteiger partial charge in [0.15, 0.2) is 0 Å². The van der Waals surface area contributed by atoms with Gasteiger partial charge in [-0.15, -0.1) is 0 Å². The fourth-order valence-corrected chi connectivity index (χ4v) is 3.80. The van der Waals surface area contributed by atoms with E-state index in [0.717, 1.165) is 22.3 Å². The number of aromatic nitrogens is 1. The maximum Gasteiger partial charge on any atom is 0.407 e. The maximum atomic E-state index is 12.4. The molecule has 0 bridgehead atoms. The monoisotopic (exact) mass is 413 g/mol. The van der Waals surface area contributed by atoms with E-state index in [2.05, 4.69) is 10.3 Å². The van der Waals surface area contributed by atoms with Gasteiger partial charge in [0.2, 0.25) is 0 Å². The molecule has 0 aliphatic heterocycles. The van der Waals surface area contributed by atoms with Crippen molar-refractivity contribution in [2.24, 2.45) is 0 Å². The summed E-state index contributed by atoms with van der Waals surface area (Å²) >= 11 is 0. The predicted octanol–water partition coefficient (Wildman–Crippen LogP) is 3.49. The molecule has 0 saturated carbocycles. The van der Waals surface area contributed by atoms with E-state index >= 15 is 0 Å². The molecule has 7 heteroatoms. The number of rotatable bonds is 6. The van der Waals surface area contributed by atoms with Gasteiger partial charge in [-0.1, -0.05) is 48.5 Å². The number of aliphatic carboxylic acids is 1. The summed E-state index contributed by atoms with van der Waals surface area (Å²) in [5.41, 5.74) is 5.21. The van der Waals surface area contributed by atoms with Crippen LogP contribution in [0.25, 0.3) is 11.1 Å². The molecule has 0 saturated heterocycles. The highest BCUT2D eigenvalue weighted by Gasteiger charge is 2.29. The van der Waals surface area contributed by atoms with Crippen LogP contribution in [0, 0.1) is 11.3 Å². The number of nitrogens with one attached hydrogen (secondary N) is 1. The van der Waals surface area contributed by atoms with E-state index in [1.807, 2.05) is 54.6 Å². The molecule has 2 N–H and O–H groups in total. The van der Waals surface area contributed by atoms with Crippen LogP contribution in [0.15, 0.2) is 66.9 Å². The number of hydrogen-bond donors (Lipinski definition) is 2. The maximum absolute atomic E-state index is 12.4. The molecule has 0 radical (unpaired) electrons. The van der Waals surface area contributed by atoms with Crippen LogP contribution in [-0.4, -0.2) is 34.8 Å². The van der Waals surface area contributed by atoms with Crippen LogP contribution in [0.5, 0.6) is 0 Å². The normalized spacial score (nSPS) is 12.9. The van der Waals surface area contributed by atoms with Gasteiger partial charge in [0.1, 0.15) is 18.7 Å². The lowest BCUT2D eigenvalue weighted by molar-refractivity contribution is -0.139. The molecule has 7 nitrogen and oxygen atoms in total. The van der Waals surface area contributed by atoms with Crippen LogP contribution in [0.1, 0.15) is 28.3 Å². The number of carbonyl (C=O) groups excluding carboxylic acids is 1. The highest BCUT2D eigenvalue weighted by molar-refractivity contribution is 5.81. The van der Waals surface area contributed by atoms with Crippen LogP contribution in [0.2, 0.25) is 0 Å². The minimum Gasteiger partial charge on any atom is -0.480 e. The van der Waals surface area contributed by atoms with Gasteiger partial charge >= 0.3 is 12.1 Å². The number of hydrogen-bond acceptors (Lipinski definition) is 5. The van der Waals surface area contributed by atoms with E-state index in [0.29, 0.717) is 11.3 Å². The first-order chi connectivity index (χ1) is 15.1. The SMILES string of the molecule is N#Cc1ccc(CC(NC(=O)OCC2c3ccccc3-c3ccccc32)C(=O)O)nc1. The molecule has 1 aromatic heterocycles. The molecule has 154 valence electrons. The zero-order valence-electron chi connectivity index (χ0n) is 16.5. The molecule has 0 spiro atoms. The Bertz CT molecular complexity index is 1120. The summed E-state index contributed by atoms with van der Waals surface area (Å²) in [6, 6.07) is 19.8. The van der Waals surface area contributed by atoms with Crippen LogP contribution in [0.3, 0.4) is 0 Å². The molecule has 31 heavy (non-hydrogen) atoms. The van der Waals surface area contributed by atoms with Gasteiger partial charge in [-0.25, -0.2) is 9.59 Å². The number of amides is 1. The summed E-state index contributed by atoms with van der Waals surface area (Å²) in [5.74, 6) is -1.30. The largest absolute Gasteiger partial charge is 0.480 e. The Morgan fingerprint density at radius 1 is 1.06 bits per heavy atom. The zero-order chi connectivity index (χ0) is 21.8. The smallest absolute Gasteiger partial charge is 0.407 e. The third-order valence-electron chi connectivity index (χ3n) is 5.30. The van der Waals surface area contributed by atoms with E-state index in [1.54, 1.807) is 12.1 Å². The Hall–Kier alpha value is -4.18. The fourth-order valence-electron chi connectivity index (χ4n) is 3.80. The molecule has 4 rings (SSSR count). The highest BCUT2D eigenvalue weighted by Crippen LogP contribution is 2.44. The van der Waals surface area contributed by atoms with Gasteiger partial charge < -0.3 is 15.2 Å². The molecule has 1 heterocycles.